The van der Waals surface area contributed by atoms with Crippen LogP contribution < -0.4 is 5.32 Å². The van der Waals surface area contributed by atoms with E-state index in [1.165, 1.54) is 0 Å². The highest BCUT2D eigenvalue weighted by atomic mass is 16.4. The van der Waals surface area contributed by atoms with Gasteiger partial charge in [0.1, 0.15) is 0 Å². The zero-order valence-electron chi connectivity index (χ0n) is 9.33. The van der Waals surface area contributed by atoms with E-state index in [1.54, 1.807) is 0 Å². The lowest BCUT2D eigenvalue weighted by Crippen LogP contribution is -2.63. The van der Waals surface area contributed by atoms with Crippen LogP contribution in [-0.2, 0) is 14.4 Å². The summed E-state index contributed by atoms with van der Waals surface area (Å²) in [5.74, 6) is -5.22. The molecule has 98 valence electrons. The lowest BCUT2D eigenvalue weighted by molar-refractivity contribution is -0.156. The van der Waals surface area contributed by atoms with Crippen molar-refractivity contribution in [2.45, 2.75) is 12.5 Å². The maximum Gasteiger partial charge on any atom is 0.407 e. The van der Waals surface area contributed by atoms with E-state index in [1.807, 2.05) is 0 Å². The smallest absolute Gasteiger partial charge is 0.407 e. The zero-order chi connectivity index (χ0) is 13.4. The molecule has 2 rings (SSSR count). The molecule has 2 amide bonds. The number of carbonyl (C=O) groups is 4. The van der Waals surface area contributed by atoms with E-state index in [2.05, 4.69) is 5.32 Å². The molecule has 0 aromatic carbocycles. The minimum atomic E-state index is -1.66. The molecule has 0 aromatic rings. The van der Waals surface area contributed by atoms with Crippen molar-refractivity contribution in [3.8, 4) is 0 Å². The first-order chi connectivity index (χ1) is 8.41. The molecule has 2 aliphatic heterocycles. The predicted octanol–water partition coefficient (Wildman–Crippen LogP) is -1.25. The van der Waals surface area contributed by atoms with Gasteiger partial charge in [-0.05, 0) is 6.42 Å². The third-order valence-corrected chi connectivity index (χ3v) is 3.37. The van der Waals surface area contributed by atoms with Crippen molar-refractivity contribution < 1.29 is 29.4 Å². The van der Waals surface area contributed by atoms with Gasteiger partial charge < -0.3 is 20.4 Å². The first-order valence-electron chi connectivity index (χ1n) is 5.46. The number of rotatable bonds is 1. The largest absolute Gasteiger partial charge is 0.480 e. The summed E-state index contributed by atoms with van der Waals surface area (Å²) < 4.78 is 0. The molecule has 8 nitrogen and oxygen atoms in total. The number of carboxylic acid groups (broad SMARTS) is 2. The molecule has 0 bridgehead atoms. The minimum absolute atomic E-state index is 0.0177. The summed E-state index contributed by atoms with van der Waals surface area (Å²) in [4.78, 5) is 46.1. The van der Waals surface area contributed by atoms with Gasteiger partial charge in [-0.15, -0.1) is 0 Å². The second kappa shape index (κ2) is 4.28. The number of nitrogens with zero attached hydrogens (tertiary/aromatic N) is 1. The topological polar surface area (TPSA) is 124 Å². The maximum atomic E-state index is 11.9. The van der Waals surface area contributed by atoms with Crippen LogP contribution in [0.5, 0.6) is 0 Å². The Morgan fingerprint density at radius 3 is 2.50 bits per heavy atom. The highest BCUT2D eigenvalue weighted by Gasteiger charge is 2.48. The molecule has 0 radical (unpaired) electrons. The summed E-state index contributed by atoms with van der Waals surface area (Å²) in [5.41, 5.74) is 0. The molecule has 2 heterocycles. The molecular weight excluding hydrogens is 244 g/mol. The van der Waals surface area contributed by atoms with E-state index in [4.69, 9.17) is 10.2 Å². The number of Topliss-reactive ketones (excluding diaryl/α,β-unsaturated/α-hetero) is 1. The number of carbonyl (C=O) groups excluding carboxylic acids is 2. The monoisotopic (exact) mass is 256 g/mol. The Hall–Kier alpha value is -2.12. The fraction of sp³-hybridized carbons (Fsp3) is 0.600. The van der Waals surface area contributed by atoms with Crippen LogP contribution in [0, 0.1) is 11.8 Å². The molecule has 3 N–H and O–H groups in total. The Bertz CT molecular complexity index is 434. The molecule has 0 saturated carbocycles. The van der Waals surface area contributed by atoms with Crippen molar-refractivity contribution in [3.63, 3.8) is 0 Å². The Morgan fingerprint density at radius 1 is 1.28 bits per heavy atom. The van der Waals surface area contributed by atoms with E-state index >= 15 is 0 Å². The van der Waals surface area contributed by atoms with Gasteiger partial charge in [0.25, 0.3) is 0 Å². The standard InChI is InChI=1S/C10H12N2O6/c13-7-4-1-2-12(10(17)18)3-5(4)11-8(14)6(7)9(15)16/h4-6H,1-3H2,(H,11,14)(H,15,16)(H,17,18). The van der Waals surface area contributed by atoms with Crippen molar-refractivity contribution in [2.24, 2.45) is 11.8 Å². The SMILES string of the molecule is O=C(O)C1C(=O)NC2CN(C(=O)O)CCC2C1=O. The number of likely N-dealkylation sites (tertiary alicyclic amines) is 1. The number of carboxylic acids is 1. The fourth-order valence-electron chi connectivity index (χ4n) is 2.46. The molecule has 3 unspecified atom stereocenters. The fourth-order valence-corrected chi connectivity index (χ4v) is 2.46. The highest BCUT2D eigenvalue weighted by Crippen LogP contribution is 2.26. The summed E-state index contributed by atoms with van der Waals surface area (Å²) in [7, 11) is 0. The summed E-state index contributed by atoms with van der Waals surface area (Å²) in [6, 6.07) is -0.620. The van der Waals surface area contributed by atoms with Crippen molar-refractivity contribution in [1.82, 2.24) is 10.2 Å². The summed E-state index contributed by atoms with van der Waals surface area (Å²) in [6.07, 6.45) is -0.879. The van der Waals surface area contributed by atoms with E-state index in [9.17, 15) is 19.2 Å². The molecule has 2 fully saturated rings. The number of nitrogens with one attached hydrogen (secondary N) is 1. The zero-order valence-corrected chi connectivity index (χ0v) is 9.33. The Kier molecular flexibility index (Phi) is 2.93. The van der Waals surface area contributed by atoms with E-state index < -0.39 is 41.6 Å². The highest BCUT2D eigenvalue weighted by molar-refractivity contribution is 6.18. The number of hydrogen-bond acceptors (Lipinski definition) is 4. The van der Waals surface area contributed by atoms with E-state index in [0.29, 0.717) is 0 Å². The van der Waals surface area contributed by atoms with Crippen LogP contribution in [0.15, 0.2) is 0 Å². The average Bonchev–Trinajstić information content (AvgIpc) is 2.27. The summed E-state index contributed by atoms with van der Waals surface area (Å²) in [5, 5.41) is 20.1. The van der Waals surface area contributed by atoms with Gasteiger partial charge in [0.15, 0.2) is 11.7 Å². The molecule has 0 spiro atoms. The Labute approximate surface area is 102 Å². The second-order valence-corrected chi connectivity index (χ2v) is 4.41. The quantitative estimate of drug-likeness (QED) is 0.504. The van der Waals surface area contributed by atoms with Crippen LogP contribution in [0.3, 0.4) is 0 Å². The first kappa shape index (κ1) is 12.3. The van der Waals surface area contributed by atoms with Gasteiger partial charge >= 0.3 is 12.1 Å². The Morgan fingerprint density at radius 2 is 1.94 bits per heavy atom. The van der Waals surface area contributed by atoms with Crippen LogP contribution in [0.2, 0.25) is 0 Å². The Balaban J connectivity index is 2.17. The van der Waals surface area contributed by atoms with Crippen LogP contribution in [-0.4, -0.2) is 58.0 Å². The van der Waals surface area contributed by atoms with Gasteiger partial charge in [0.05, 0.1) is 6.04 Å². The van der Waals surface area contributed by atoms with Crippen molar-refractivity contribution in [2.75, 3.05) is 13.1 Å². The van der Waals surface area contributed by atoms with Gasteiger partial charge in [0, 0.05) is 19.0 Å². The first-order valence-corrected chi connectivity index (χ1v) is 5.46. The third kappa shape index (κ3) is 1.89. The number of fused-ring (bicyclic) bond motifs is 1. The number of piperidine rings is 2. The minimum Gasteiger partial charge on any atom is -0.480 e. The van der Waals surface area contributed by atoms with Gasteiger partial charge in [-0.3, -0.25) is 14.4 Å². The maximum absolute atomic E-state index is 11.9. The van der Waals surface area contributed by atoms with Gasteiger partial charge in [0.2, 0.25) is 5.91 Å². The lowest BCUT2D eigenvalue weighted by Gasteiger charge is -2.40. The summed E-state index contributed by atoms with van der Waals surface area (Å²) >= 11 is 0. The molecule has 0 aliphatic carbocycles. The van der Waals surface area contributed by atoms with Gasteiger partial charge in [-0.2, -0.15) is 0 Å². The number of hydrogen-bond donors (Lipinski definition) is 3. The van der Waals surface area contributed by atoms with Crippen molar-refractivity contribution >= 4 is 23.8 Å². The molecule has 0 aromatic heterocycles. The third-order valence-electron chi connectivity index (χ3n) is 3.37. The second-order valence-electron chi connectivity index (χ2n) is 4.41. The van der Waals surface area contributed by atoms with E-state index in [-0.39, 0.29) is 19.5 Å². The molecule has 18 heavy (non-hydrogen) atoms. The summed E-state index contributed by atoms with van der Waals surface area (Å²) in [6.45, 7) is 0.189. The van der Waals surface area contributed by atoms with Crippen molar-refractivity contribution in [3.05, 3.63) is 0 Å². The molecule has 8 heteroatoms. The van der Waals surface area contributed by atoms with Gasteiger partial charge in [-0.25, -0.2) is 4.79 Å². The predicted molar refractivity (Wildman–Crippen MR) is 55.8 cm³/mol. The number of ketones is 1. The van der Waals surface area contributed by atoms with Gasteiger partial charge in [-0.1, -0.05) is 0 Å². The number of amides is 2. The van der Waals surface area contributed by atoms with Crippen LogP contribution in [0.25, 0.3) is 0 Å². The normalized spacial score (nSPS) is 31.6. The number of aliphatic carboxylic acids is 1. The van der Waals surface area contributed by atoms with Crippen LogP contribution >= 0.6 is 0 Å². The van der Waals surface area contributed by atoms with E-state index in [0.717, 1.165) is 4.90 Å². The lowest BCUT2D eigenvalue weighted by atomic mass is 9.78. The molecule has 3 atom stereocenters. The average molecular weight is 256 g/mol. The van der Waals surface area contributed by atoms with Crippen molar-refractivity contribution in [1.29, 1.82) is 0 Å². The molecular formula is C10H12N2O6. The van der Waals surface area contributed by atoms with Crippen LogP contribution in [0.1, 0.15) is 6.42 Å². The molecule has 2 saturated heterocycles. The van der Waals surface area contributed by atoms with Crippen LogP contribution in [0.4, 0.5) is 4.79 Å². The molecule has 2 aliphatic rings.